The smallest absolute Gasteiger partial charge is 0.179 e. The van der Waals surface area contributed by atoms with Gasteiger partial charge in [-0.05, 0) is 67.9 Å². The average molecular weight is 501 g/mol. The Morgan fingerprint density at radius 3 is 2.41 bits per heavy atom. The first kappa shape index (κ1) is 23.7. The van der Waals surface area contributed by atoms with Gasteiger partial charge in [-0.25, -0.2) is 23.7 Å². The van der Waals surface area contributed by atoms with Crippen LogP contribution in [0.25, 0.3) is 22.8 Å². The van der Waals surface area contributed by atoms with Gasteiger partial charge in [-0.1, -0.05) is 19.9 Å². The van der Waals surface area contributed by atoms with E-state index in [1.54, 1.807) is 32.3 Å². The number of aliphatic hydroxyl groups is 1. The van der Waals surface area contributed by atoms with E-state index in [4.69, 9.17) is 4.98 Å². The monoisotopic (exact) mass is 500 g/mol. The van der Waals surface area contributed by atoms with Gasteiger partial charge in [-0.2, -0.15) is 5.10 Å². The Bertz CT molecular complexity index is 1510. The fourth-order valence-electron chi connectivity index (χ4n) is 6.24. The van der Waals surface area contributed by atoms with E-state index in [1.807, 2.05) is 6.07 Å². The Morgan fingerprint density at radius 1 is 0.973 bits per heavy atom. The highest BCUT2D eigenvalue weighted by Gasteiger charge is 2.65. The van der Waals surface area contributed by atoms with Crippen LogP contribution in [-0.2, 0) is 11.0 Å². The van der Waals surface area contributed by atoms with Crippen LogP contribution < -0.4 is 0 Å². The van der Waals surface area contributed by atoms with Gasteiger partial charge in [0.1, 0.15) is 22.9 Å². The summed E-state index contributed by atoms with van der Waals surface area (Å²) in [7, 11) is 0. The van der Waals surface area contributed by atoms with Crippen molar-refractivity contribution in [3.63, 3.8) is 0 Å². The maximum Gasteiger partial charge on any atom is 0.179 e. The van der Waals surface area contributed by atoms with Crippen LogP contribution in [0.1, 0.15) is 69.1 Å². The summed E-state index contributed by atoms with van der Waals surface area (Å²) in [5.41, 5.74) is 1.62. The van der Waals surface area contributed by atoms with Gasteiger partial charge in [0.15, 0.2) is 5.82 Å². The molecule has 7 nitrogen and oxygen atoms in total. The Labute approximate surface area is 213 Å². The van der Waals surface area contributed by atoms with Crippen LogP contribution in [0.5, 0.6) is 0 Å². The first-order valence-corrected chi connectivity index (χ1v) is 12.3. The van der Waals surface area contributed by atoms with E-state index in [1.165, 1.54) is 24.4 Å². The van der Waals surface area contributed by atoms with Crippen molar-refractivity contribution < 1.29 is 13.9 Å². The minimum atomic E-state index is -1.10. The molecule has 0 saturated heterocycles. The fraction of sp³-hybridized carbons (Fsp3) is 0.357. The van der Waals surface area contributed by atoms with Gasteiger partial charge < -0.3 is 5.11 Å². The van der Waals surface area contributed by atoms with E-state index in [0.29, 0.717) is 17.2 Å². The number of benzene rings is 1. The molecule has 0 aliphatic heterocycles. The Hall–Kier alpha value is -3.72. The van der Waals surface area contributed by atoms with E-state index in [0.717, 1.165) is 29.8 Å². The number of hydrogen-bond acceptors (Lipinski definition) is 7. The number of rotatable bonds is 4. The lowest BCUT2D eigenvalue weighted by molar-refractivity contribution is 0.0734. The van der Waals surface area contributed by atoms with Gasteiger partial charge in [0, 0.05) is 6.20 Å². The standard InChI is InChI=1S/C28H26F2N6O/c1-26(2)16-8-10-28(26,24-15(16)12-19(35-36-24)23-17(29)6-5-7-18(23)30)21-9-11-31-25(34-21)20-13-33-22(14-32-20)27(3,4)37/h5-7,9,11-14,16,37H,8,10H2,1-4H3/t16-,28-/m0/s1. The Kier molecular flexibility index (Phi) is 5.04. The third kappa shape index (κ3) is 3.33. The Balaban J connectivity index is 1.46. The summed E-state index contributed by atoms with van der Waals surface area (Å²) < 4.78 is 29.0. The maximum absolute atomic E-state index is 14.5. The van der Waals surface area contributed by atoms with Crippen molar-refractivity contribution >= 4 is 0 Å². The summed E-state index contributed by atoms with van der Waals surface area (Å²) in [5.74, 6) is -0.768. The molecule has 188 valence electrons. The molecule has 1 N–H and O–H groups in total. The van der Waals surface area contributed by atoms with Crippen molar-refractivity contribution in [1.29, 1.82) is 0 Å². The molecule has 1 saturated carbocycles. The maximum atomic E-state index is 14.5. The third-order valence-electron chi connectivity index (χ3n) is 8.20. The van der Waals surface area contributed by atoms with E-state index in [2.05, 4.69) is 39.0 Å². The molecule has 1 fully saturated rings. The quantitative estimate of drug-likeness (QED) is 0.416. The van der Waals surface area contributed by atoms with Gasteiger partial charge in [0.2, 0.25) is 0 Å². The highest BCUT2D eigenvalue weighted by atomic mass is 19.1. The Morgan fingerprint density at radius 2 is 1.73 bits per heavy atom. The predicted octanol–water partition coefficient (Wildman–Crippen LogP) is 5.10. The van der Waals surface area contributed by atoms with Crippen molar-refractivity contribution in [1.82, 2.24) is 30.1 Å². The minimum Gasteiger partial charge on any atom is -0.384 e. The van der Waals surface area contributed by atoms with Crippen LogP contribution in [0.3, 0.4) is 0 Å². The fourth-order valence-corrected chi connectivity index (χ4v) is 6.24. The number of nitrogens with zero attached hydrogens (tertiary/aromatic N) is 6. The highest BCUT2D eigenvalue weighted by Crippen LogP contribution is 2.69. The first-order chi connectivity index (χ1) is 17.5. The number of halogens is 2. The van der Waals surface area contributed by atoms with Crippen LogP contribution in [0.2, 0.25) is 0 Å². The van der Waals surface area contributed by atoms with Crippen LogP contribution in [0, 0.1) is 17.0 Å². The van der Waals surface area contributed by atoms with Gasteiger partial charge in [-0.3, -0.25) is 4.98 Å². The van der Waals surface area contributed by atoms with E-state index in [-0.39, 0.29) is 22.6 Å². The van der Waals surface area contributed by atoms with Crippen molar-refractivity contribution in [2.45, 2.75) is 57.5 Å². The molecule has 9 heteroatoms. The number of aromatic nitrogens is 6. The van der Waals surface area contributed by atoms with Gasteiger partial charge in [-0.15, -0.1) is 5.10 Å². The summed E-state index contributed by atoms with van der Waals surface area (Å²) in [6, 6.07) is 7.48. The van der Waals surface area contributed by atoms with Gasteiger partial charge in [0.05, 0.1) is 46.1 Å². The summed E-state index contributed by atoms with van der Waals surface area (Å²) in [6.45, 7) is 7.68. The molecule has 0 unspecified atom stereocenters. The van der Waals surface area contributed by atoms with Gasteiger partial charge in [0.25, 0.3) is 0 Å². The van der Waals surface area contributed by atoms with E-state index < -0.39 is 22.7 Å². The second kappa shape index (κ2) is 7.89. The molecule has 0 spiro atoms. The molecular weight excluding hydrogens is 474 g/mol. The molecule has 2 aliphatic carbocycles. The number of fused-ring (bicyclic) bond motifs is 5. The molecule has 6 rings (SSSR count). The van der Waals surface area contributed by atoms with Crippen molar-refractivity contribution in [3.05, 3.63) is 83.2 Å². The molecule has 37 heavy (non-hydrogen) atoms. The molecule has 2 atom stereocenters. The zero-order valence-corrected chi connectivity index (χ0v) is 21.0. The molecule has 0 amide bonds. The molecule has 3 aromatic heterocycles. The average Bonchev–Trinajstić information content (AvgIpc) is 3.24. The molecule has 2 bridgehead atoms. The summed E-state index contributed by atoms with van der Waals surface area (Å²) >= 11 is 0. The van der Waals surface area contributed by atoms with Crippen LogP contribution in [0.4, 0.5) is 8.78 Å². The lowest BCUT2D eigenvalue weighted by atomic mass is 9.66. The lowest BCUT2D eigenvalue weighted by Crippen LogP contribution is -2.38. The van der Waals surface area contributed by atoms with Crippen molar-refractivity contribution in [2.75, 3.05) is 0 Å². The number of hydrogen-bond donors (Lipinski definition) is 1. The molecular formula is C28H26F2N6O. The first-order valence-electron chi connectivity index (χ1n) is 12.3. The minimum absolute atomic E-state index is 0.135. The summed E-state index contributed by atoms with van der Waals surface area (Å²) in [6.07, 6.45) is 6.50. The summed E-state index contributed by atoms with van der Waals surface area (Å²) in [4.78, 5) is 18.1. The molecule has 2 aliphatic rings. The second-order valence-corrected chi connectivity index (χ2v) is 11.0. The molecule has 4 aromatic rings. The van der Waals surface area contributed by atoms with Crippen molar-refractivity contribution in [2.24, 2.45) is 5.41 Å². The topological polar surface area (TPSA) is 97.6 Å². The predicted molar refractivity (Wildman–Crippen MR) is 132 cm³/mol. The molecule has 1 aromatic carbocycles. The normalized spacial score (nSPS) is 21.8. The largest absolute Gasteiger partial charge is 0.384 e. The summed E-state index contributed by atoms with van der Waals surface area (Å²) in [5, 5.41) is 19.1. The second-order valence-electron chi connectivity index (χ2n) is 11.0. The van der Waals surface area contributed by atoms with Crippen LogP contribution in [-0.4, -0.2) is 35.2 Å². The lowest BCUT2D eigenvalue weighted by Gasteiger charge is -2.37. The third-order valence-corrected chi connectivity index (χ3v) is 8.20. The van der Waals surface area contributed by atoms with Crippen LogP contribution >= 0.6 is 0 Å². The molecule has 3 heterocycles. The van der Waals surface area contributed by atoms with E-state index >= 15 is 0 Å². The zero-order valence-electron chi connectivity index (χ0n) is 21.0. The zero-order chi connectivity index (χ0) is 26.2. The van der Waals surface area contributed by atoms with Crippen LogP contribution in [0.15, 0.2) is 48.9 Å². The van der Waals surface area contributed by atoms with Gasteiger partial charge >= 0.3 is 0 Å². The van der Waals surface area contributed by atoms with E-state index in [9.17, 15) is 13.9 Å². The van der Waals surface area contributed by atoms with Crippen molar-refractivity contribution in [3.8, 4) is 22.8 Å². The highest BCUT2D eigenvalue weighted by molar-refractivity contribution is 5.64. The molecule has 0 radical (unpaired) electrons. The SMILES string of the molecule is CC(C)(O)c1cnc(-c2nccc([C@@]34CC[C@@H](c5cc(-c6c(F)cccc6F)nnc53)C4(C)C)n2)cn1.